The molecule has 0 unspecified atom stereocenters. The molecule has 2 aromatic rings. The van der Waals surface area contributed by atoms with Crippen LogP contribution in [-0.4, -0.2) is 42.3 Å². The third-order valence-electron chi connectivity index (χ3n) is 5.78. The number of nitrogens with zero attached hydrogens (tertiary/aromatic N) is 1. The normalized spacial score (nSPS) is 16.8. The number of benzene rings is 2. The number of carbonyl (C=O) groups is 3. The summed E-state index contributed by atoms with van der Waals surface area (Å²) in [7, 11) is 0. The molecule has 2 heterocycles. The van der Waals surface area contributed by atoms with Gasteiger partial charge in [-0.1, -0.05) is 42.5 Å². The number of quaternary nitrogens is 1. The monoisotopic (exact) mass is 392 g/mol. The lowest BCUT2D eigenvalue weighted by atomic mass is 9.98. The van der Waals surface area contributed by atoms with Crippen LogP contribution in [0.3, 0.4) is 0 Å². The molecule has 2 aliphatic rings. The van der Waals surface area contributed by atoms with Crippen molar-refractivity contribution in [3.8, 4) is 0 Å². The smallest absolute Gasteiger partial charge is 0.261 e. The van der Waals surface area contributed by atoms with E-state index in [1.807, 2.05) is 24.3 Å². The van der Waals surface area contributed by atoms with Gasteiger partial charge in [-0.05, 0) is 17.2 Å². The first-order valence-electron chi connectivity index (χ1n) is 10.2. The van der Waals surface area contributed by atoms with Crippen LogP contribution < -0.4 is 10.2 Å². The van der Waals surface area contributed by atoms with Gasteiger partial charge in [-0.3, -0.25) is 19.3 Å². The third kappa shape index (κ3) is 4.38. The molecule has 0 spiro atoms. The fraction of sp³-hybridized carbons (Fsp3) is 0.348. The predicted octanol–water partition coefficient (Wildman–Crippen LogP) is 0.707. The Morgan fingerprint density at radius 2 is 1.66 bits per heavy atom. The minimum absolute atomic E-state index is 0.149. The molecule has 0 radical (unpaired) electrons. The molecule has 0 bridgehead atoms. The van der Waals surface area contributed by atoms with Crippen LogP contribution in [0.2, 0.25) is 0 Å². The van der Waals surface area contributed by atoms with Crippen molar-refractivity contribution in [1.82, 2.24) is 10.2 Å². The van der Waals surface area contributed by atoms with Gasteiger partial charge in [-0.2, -0.15) is 0 Å². The fourth-order valence-electron chi connectivity index (χ4n) is 4.18. The van der Waals surface area contributed by atoms with Crippen LogP contribution in [0.1, 0.15) is 39.9 Å². The lowest BCUT2D eigenvalue weighted by Crippen LogP contribution is -3.08. The maximum absolute atomic E-state index is 12.6. The van der Waals surface area contributed by atoms with Gasteiger partial charge >= 0.3 is 0 Å². The number of nitrogens with one attached hydrogen (secondary N) is 2. The number of amides is 3. The first-order valence-corrected chi connectivity index (χ1v) is 10.2. The number of rotatable bonds is 6. The number of likely N-dealkylation sites (tertiary alicyclic amines) is 1. The molecule has 1 fully saturated rings. The topological polar surface area (TPSA) is 70.9 Å². The van der Waals surface area contributed by atoms with Crippen molar-refractivity contribution in [1.29, 1.82) is 0 Å². The van der Waals surface area contributed by atoms with E-state index in [1.54, 1.807) is 23.1 Å². The van der Waals surface area contributed by atoms with Crippen LogP contribution >= 0.6 is 0 Å². The Balaban J connectivity index is 1.37. The summed E-state index contributed by atoms with van der Waals surface area (Å²) in [6.45, 7) is 3.51. The van der Waals surface area contributed by atoms with Crippen molar-refractivity contribution in [2.24, 2.45) is 0 Å². The summed E-state index contributed by atoms with van der Waals surface area (Å²) in [6.07, 6.45) is 2.70. The maximum atomic E-state index is 12.6. The van der Waals surface area contributed by atoms with Crippen molar-refractivity contribution in [2.75, 3.05) is 19.6 Å². The van der Waals surface area contributed by atoms with E-state index in [2.05, 4.69) is 11.4 Å². The van der Waals surface area contributed by atoms with Gasteiger partial charge in [-0.15, -0.1) is 0 Å². The lowest BCUT2D eigenvalue weighted by Gasteiger charge is -2.26. The minimum Gasteiger partial charge on any atom is -0.350 e. The molecule has 2 N–H and O–H groups in total. The fourth-order valence-corrected chi connectivity index (χ4v) is 4.18. The first-order chi connectivity index (χ1) is 14.1. The highest BCUT2D eigenvalue weighted by molar-refractivity contribution is 6.11. The van der Waals surface area contributed by atoms with Crippen LogP contribution in [0.4, 0.5) is 0 Å². The van der Waals surface area contributed by atoms with Crippen molar-refractivity contribution in [3.63, 3.8) is 0 Å². The van der Waals surface area contributed by atoms with E-state index in [1.165, 1.54) is 31.5 Å². The molecule has 1 saturated heterocycles. The van der Waals surface area contributed by atoms with Gasteiger partial charge in [-0.25, -0.2) is 0 Å². The Labute approximate surface area is 170 Å². The number of hydrogen-bond donors (Lipinski definition) is 2. The molecule has 0 aliphatic carbocycles. The Morgan fingerprint density at radius 3 is 2.45 bits per heavy atom. The van der Waals surface area contributed by atoms with Crippen LogP contribution in [0.25, 0.3) is 0 Å². The van der Waals surface area contributed by atoms with E-state index in [-0.39, 0.29) is 24.8 Å². The highest BCUT2D eigenvalue weighted by Crippen LogP contribution is 2.19. The van der Waals surface area contributed by atoms with Gasteiger partial charge in [0.2, 0.25) is 11.8 Å². The summed E-state index contributed by atoms with van der Waals surface area (Å²) in [6, 6.07) is 15.2. The highest BCUT2D eigenvalue weighted by atomic mass is 16.2. The van der Waals surface area contributed by atoms with Crippen LogP contribution in [0.15, 0.2) is 48.5 Å². The summed E-state index contributed by atoms with van der Waals surface area (Å²) < 4.78 is 0. The second-order valence-corrected chi connectivity index (χ2v) is 7.80. The molecular weight excluding hydrogens is 366 g/mol. The Morgan fingerprint density at radius 1 is 0.966 bits per heavy atom. The van der Waals surface area contributed by atoms with E-state index in [0.29, 0.717) is 12.1 Å². The summed E-state index contributed by atoms with van der Waals surface area (Å²) in [4.78, 5) is 40.1. The molecule has 4 rings (SSSR count). The van der Waals surface area contributed by atoms with Crippen molar-refractivity contribution < 1.29 is 19.3 Å². The SMILES string of the molecule is O=C(CN1C(=O)Cc2ccccc2C1=O)NCc1ccccc1C[NH+]1CCCC1. The Bertz CT molecular complexity index is 934. The van der Waals surface area contributed by atoms with Crippen LogP contribution in [0, 0.1) is 0 Å². The number of fused-ring (bicyclic) bond motifs is 1. The maximum Gasteiger partial charge on any atom is 0.261 e. The number of imide groups is 1. The van der Waals surface area contributed by atoms with Crippen molar-refractivity contribution >= 4 is 17.7 Å². The zero-order valence-corrected chi connectivity index (χ0v) is 16.4. The standard InChI is InChI=1S/C23H25N3O3/c27-21(16-26-22(28)13-17-7-3-4-10-20(17)23(26)29)24-14-18-8-1-2-9-19(18)15-25-11-5-6-12-25/h1-4,7-10H,5-6,11-16H2,(H,24,27)/p+1. The number of hydrogen-bond acceptors (Lipinski definition) is 3. The summed E-state index contributed by atoms with van der Waals surface area (Å²) in [5.41, 5.74) is 3.54. The molecule has 2 aromatic carbocycles. The molecule has 150 valence electrons. The predicted molar refractivity (Wildman–Crippen MR) is 108 cm³/mol. The first kappa shape index (κ1) is 19.3. The summed E-state index contributed by atoms with van der Waals surface area (Å²) >= 11 is 0. The average Bonchev–Trinajstić information content (AvgIpc) is 3.23. The van der Waals surface area contributed by atoms with Gasteiger partial charge in [0.25, 0.3) is 5.91 Å². The van der Waals surface area contributed by atoms with Gasteiger partial charge in [0.15, 0.2) is 0 Å². The van der Waals surface area contributed by atoms with Gasteiger partial charge < -0.3 is 10.2 Å². The Kier molecular flexibility index (Phi) is 5.71. The molecule has 29 heavy (non-hydrogen) atoms. The largest absolute Gasteiger partial charge is 0.350 e. The molecule has 6 heteroatoms. The molecule has 6 nitrogen and oxygen atoms in total. The molecule has 3 amide bonds. The summed E-state index contributed by atoms with van der Waals surface area (Å²) in [5, 5.41) is 2.88. The van der Waals surface area contributed by atoms with E-state index >= 15 is 0 Å². The Hall–Kier alpha value is -2.99. The van der Waals surface area contributed by atoms with Gasteiger partial charge in [0.1, 0.15) is 13.1 Å². The van der Waals surface area contributed by atoms with E-state index < -0.39 is 5.91 Å². The number of carbonyl (C=O) groups excluding carboxylic acids is 3. The molecule has 0 aromatic heterocycles. The highest BCUT2D eigenvalue weighted by Gasteiger charge is 2.31. The molecule has 0 atom stereocenters. The zero-order valence-electron chi connectivity index (χ0n) is 16.4. The van der Waals surface area contributed by atoms with Crippen molar-refractivity contribution in [3.05, 3.63) is 70.8 Å². The second-order valence-electron chi connectivity index (χ2n) is 7.80. The van der Waals surface area contributed by atoms with E-state index in [9.17, 15) is 14.4 Å². The lowest BCUT2D eigenvalue weighted by molar-refractivity contribution is -0.901. The minimum atomic E-state index is -0.398. The molecular formula is C23H26N3O3+. The van der Waals surface area contributed by atoms with Crippen LogP contribution in [0.5, 0.6) is 0 Å². The molecule has 0 saturated carbocycles. The van der Waals surface area contributed by atoms with Gasteiger partial charge in [0, 0.05) is 30.5 Å². The van der Waals surface area contributed by atoms with E-state index in [0.717, 1.165) is 22.6 Å². The summed E-state index contributed by atoms with van der Waals surface area (Å²) in [5.74, 6) is -1.05. The quantitative estimate of drug-likeness (QED) is 0.712. The second kappa shape index (κ2) is 8.57. The van der Waals surface area contributed by atoms with Crippen LogP contribution in [-0.2, 0) is 29.1 Å². The van der Waals surface area contributed by atoms with E-state index in [4.69, 9.17) is 0 Å². The van der Waals surface area contributed by atoms with Gasteiger partial charge in [0.05, 0.1) is 19.5 Å². The third-order valence-corrected chi connectivity index (χ3v) is 5.78. The molecule has 2 aliphatic heterocycles. The average molecular weight is 392 g/mol. The zero-order chi connectivity index (χ0) is 20.2. The van der Waals surface area contributed by atoms with Crippen molar-refractivity contribution in [2.45, 2.75) is 32.4 Å².